The summed E-state index contributed by atoms with van der Waals surface area (Å²) in [5.41, 5.74) is 0.140. The standard InChI is InChI=1S/C8H11NO5S/c1-13-6-3-4-7(8(5-6)14-2)9-15(10,11)12/h3-5,9H,1-2H3,(H,10,11,12). The number of ether oxygens (including phenoxy) is 2. The van der Waals surface area contributed by atoms with Gasteiger partial charge < -0.3 is 9.47 Å². The van der Waals surface area contributed by atoms with Crippen molar-refractivity contribution >= 4 is 16.0 Å². The smallest absolute Gasteiger partial charge is 0.357 e. The molecule has 1 aromatic carbocycles. The molecule has 0 heterocycles. The number of hydrogen-bond donors (Lipinski definition) is 2. The van der Waals surface area contributed by atoms with Crippen molar-refractivity contribution in [2.75, 3.05) is 18.9 Å². The molecular weight excluding hydrogens is 222 g/mol. The summed E-state index contributed by atoms with van der Waals surface area (Å²) in [7, 11) is -1.44. The predicted octanol–water partition coefficient (Wildman–Crippen LogP) is 0.918. The van der Waals surface area contributed by atoms with Gasteiger partial charge in [0.1, 0.15) is 11.5 Å². The number of rotatable bonds is 4. The molecule has 0 unspecified atom stereocenters. The molecule has 1 rings (SSSR count). The van der Waals surface area contributed by atoms with Crippen LogP contribution in [0.3, 0.4) is 0 Å². The third-order valence-electron chi connectivity index (χ3n) is 1.65. The molecule has 0 aromatic heterocycles. The maximum Gasteiger partial charge on any atom is 0.357 e. The third kappa shape index (κ3) is 3.30. The van der Waals surface area contributed by atoms with Crippen molar-refractivity contribution in [3.05, 3.63) is 18.2 Å². The van der Waals surface area contributed by atoms with Crippen molar-refractivity contribution in [3.63, 3.8) is 0 Å². The first-order chi connectivity index (χ1) is 6.96. The SMILES string of the molecule is COc1ccc(NS(=O)(=O)O)c(OC)c1. The number of nitrogens with one attached hydrogen (secondary N) is 1. The molecule has 0 amide bonds. The van der Waals surface area contributed by atoms with Crippen LogP contribution in [-0.4, -0.2) is 27.2 Å². The lowest BCUT2D eigenvalue weighted by molar-refractivity contribution is 0.395. The highest BCUT2D eigenvalue weighted by atomic mass is 32.2. The van der Waals surface area contributed by atoms with Gasteiger partial charge in [0.15, 0.2) is 0 Å². The van der Waals surface area contributed by atoms with Crippen LogP contribution in [0.1, 0.15) is 0 Å². The molecule has 0 aliphatic heterocycles. The van der Waals surface area contributed by atoms with Gasteiger partial charge in [-0.25, -0.2) is 0 Å². The first-order valence-corrected chi connectivity index (χ1v) is 5.37. The second-order valence-corrected chi connectivity index (χ2v) is 3.80. The summed E-state index contributed by atoms with van der Waals surface area (Å²) in [6.45, 7) is 0. The van der Waals surface area contributed by atoms with Gasteiger partial charge in [-0.15, -0.1) is 0 Å². The van der Waals surface area contributed by atoms with Crippen molar-refractivity contribution in [2.45, 2.75) is 0 Å². The molecule has 0 bridgehead atoms. The average molecular weight is 233 g/mol. The normalized spacial score (nSPS) is 10.9. The molecule has 15 heavy (non-hydrogen) atoms. The first kappa shape index (κ1) is 11.6. The van der Waals surface area contributed by atoms with Gasteiger partial charge in [0.2, 0.25) is 0 Å². The van der Waals surface area contributed by atoms with E-state index < -0.39 is 10.3 Å². The van der Waals surface area contributed by atoms with Crippen molar-refractivity contribution < 1.29 is 22.4 Å². The Kier molecular flexibility index (Phi) is 3.38. The molecule has 0 aliphatic carbocycles. The molecule has 0 fully saturated rings. The summed E-state index contributed by atoms with van der Waals surface area (Å²) in [5.74, 6) is 0.778. The number of anilines is 1. The van der Waals surface area contributed by atoms with Gasteiger partial charge in [-0.3, -0.25) is 9.27 Å². The molecular formula is C8H11NO5S. The van der Waals surface area contributed by atoms with Crippen LogP contribution in [0.4, 0.5) is 5.69 Å². The van der Waals surface area contributed by atoms with Crippen LogP contribution in [0.15, 0.2) is 18.2 Å². The lowest BCUT2D eigenvalue weighted by Gasteiger charge is -2.10. The van der Waals surface area contributed by atoms with Crippen molar-refractivity contribution in [3.8, 4) is 11.5 Å². The largest absolute Gasteiger partial charge is 0.497 e. The summed E-state index contributed by atoms with van der Waals surface area (Å²) in [6.07, 6.45) is 0. The van der Waals surface area contributed by atoms with E-state index in [1.54, 1.807) is 0 Å². The van der Waals surface area contributed by atoms with E-state index in [1.165, 1.54) is 32.4 Å². The second kappa shape index (κ2) is 4.37. The Labute approximate surface area is 87.7 Å². The highest BCUT2D eigenvalue weighted by Crippen LogP contribution is 2.29. The minimum Gasteiger partial charge on any atom is -0.497 e. The van der Waals surface area contributed by atoms with Gasteiger partial charge in [-0.1, -0.05) is 0 Å². The topological polar surface area (TPSA) is 84.9 Å². The summed E-state index contributed by atoms with van der Waals surface area (Å²) < 4.78 is 41.5. The van der Waals surface area contributed by atoms with Crippen LogP contribution in [-0.2, 0) is 10.3 Å². The van der Waals surface area contributed by atoms with Crippen LogP contribution in [0.2, 0.25) is 0 Å². The lowest BCUT2D eigenvalue weighted by Crippen LogP contribution is -2.11. The first-order valence-electron chi connectivity index (χ1n) is 3.93. The minimum absolute atomic E-state index is 0.140. The van der Waals surface area contributed by atoms with E-state index in [-0.39, 0.29) is 11.4 Å². The van der Waals surface area contributed by atoms with E-state index in [0.29, 0.717) is 5.75 Å². The van der Waals surface area contributed by atoms with Gasteiger partial charge in [0.25, 0.3) is 0 Å². The van der Waals surface area contributed by atoms with Crippen LogP contribution in [0.5, 0.6) is 11.5 Å². The summed E-state index contributed by atoms with van der Waals surface area (Å²) in [6, 6.07) is 4.45. The van der Waals surface area contributed by atoms with E-state index in [0.717, 1.165) is 0 Å². The zero-order valence-electron chi connectivity index (χ0n) is 8.22. The molecule has 0 radical (unpaired) electrons. The Bertz CT molecular complexity index is 442. The second-order valence-electron chi connectivity index (χ2n) is 2.64. The van der Waals surface area contributed by atoms with Crippen LogP contribution < -0.4 is 14.2 Å². The van der Waals surface area contributed by atoms with Gasteiger partial charge in [0, 0.05) is 6.07 Å². The van der Waals surface area contributed by atoms with Crippen LogP contribution in [0.25, 0.3) is 0 Å². The predicted molar refractivity (Wildman–Crippen MR) is 54.7 cm³/mol. The summed E-state index contributed by atoms with van der Waals surface area (Å²) in [5, 5.41) is 0. The average Bonchev–Trinajstić information content (AvgIpc) is 2.16. The van der Waals surface area contributed by atoms with Crippen molar-refractivity contribution in [2.24, 2.45) is 0 Å². The van der Waals surface area contributed by atoms with Crippen LogP contribution in [0, 0.1) is 0 Å². The van der Waals surface area contributed by atoms with Gasteiger partial charge in [0.05, 0.1) is 19.9 Å². The highest BCUT2D eigenvalue weighted by molar-refractivity contribution is 7.87. The molecule has 6 nitrogen and oxygen atoms in total. The van der Waals surface area contributed by atoms with Crippen molar-refractivity contribution in [1.29, 1.82) is 0 Å². The van der Waals surface area contributed by atoms with Gasteiger partial charge in [-0.05, 0) is 12.1 Å². The van der Waals surface area contributed by atoms with E-state index in [2.05, 4.69) is 0 Å². The molecule has 2 N–H and O–H groups in total. The van der Waals surface area contributed by atoms with E-state index in [1.807, 2.05) is 4.72 Å². The van der Waals surface area contributed by atoms with E-state index in [4.69, 9.17) is 14.0 Å². The molecule has 0 spiro atoms. The van der Waals surface area contributed by atoms with E-state index in [9.17, 15) is 8.42 Å². The van der Waals surface area contributed by atoms with Gasteiger partial charge in [-0.2, -0.15) is 8.42 Å². The fourth-order valence-electron chi connectivity index (χ4n) is 1.02. The van der Waals surface area contributed by atoms with Gasteiger partial charge >= 0.3 is 10.3 Å². The number of hydrogen-bond acceptors (Lipinski definition) is 4. The summed E-state index contributed by atoms with van der Waals surface area (Å²) in [4.78, 5) is 0. The Morgan fingerprint density at radius 3 is 2.40 bits per heavy atom. The molecule has 0 saturated carbocycles. The Morgan fingerprint density at radius 1 is 1.27 bits per heavy atom. The fraction of sp³-hybridized carbons (Fsp3) is 0.250. The fourth-order valence-corrected chi connectivity index (χ4v) is 1.47. The molecule has 84 valence electrons. The lowest BCUT2D eigenvalue weighted by atomic mass is 10.3. The number of benzene rings is 1. The monoisotopic (exact) mass is 233 g/mol. The maximum absolute atomic E-state index is 10.6. The Hall–Kier alpha value is -1.47. The maximum atomic E-state index is 10.6. The molecule has 7 heteroatoms. The third-order valence-corrected chi connectivity index (χ3v) is 2.13. The zero-order valence-corrected chi connectivity index (χ0v) is 9.04. The Balaban J connectivity index is 3.08. The van der Waals surface area contributed by atoms with E-state index >= 15 is 0 Å². The molecule has 0 saturated heterocycles. The quantitative estimate of drug-likeness (QED) is 0.755. The molecule has 0 aliphatic rings. The zero-order chi connectivity index (χ0) is 11.5. The highest BCUT2D eigenvalue weighted by Gasteiger charge is 2.10. The minimum atomic E-state index is -4.30. The molecule has 1 aromatic rings. The number of methoxy groups -OCH3 is 2. The molecule has 0 atom stereocenters. The summed E-state index contributed by atoms with van der Waals surface area (Å²) >= 11 is 0. The van der Waals surface area contributed by atoms with Crippen LogP contribution >= 0.6 is 0 Å². The Morgan fingerprint density at radius 2 is 1.93 bits per heavy atom. The van der Waals surface area contributed by atoms with Crippen molar-refractivity contribution in [1.82, 2.24) is 0 Å².